The number of piperidine rings is 1. The van der Waals surface area contributed by atoms with Crippen molar-refractivity contribution in [1.82, 2.24) is 15.0 Å². The molecule has 0 N–H and O–H groups in total. The zero-order valence-electron chi connectivity index (χ0n) is 15.8. The van der Waals surface area contributed by atoms with Crippen LogP contribution < -0.4 is 0 Å². The van der Waals surface area contributed by atoms with E-state index in [0.29, 0.717) is 12.1 Å². The van der Waals surface area contributed by atoms with Gasteiger partial charge in [-0.25, -0.2) is 0 Å². The number of carbonyl (C=O) groups is 1. The van der Waals surface area contributed by atoms with Crippen molar-refractivity contribution < 1.29 is 9.32 Å². The number of nitrogens with zero attached hydrogens (tertiary/aromatic N) is 4. The summed E-state index contributed by atoms with van der Waals surface area (Å²) in [5.41, 5.74) is 3.76. The zero-order valence-corrected chi connectivity index (χ0v) is 15.8. The van der Waals surface area contributed by atoms with Crippen LogP contribution in [0.25, 0.3) is 0 Å². The van der Waals surface area contributed by atoms with Crippen molar-refractivity contribution in [2.45, 2.75) is 45.8 Å². The van der Waals surface area contributed by atoms with E-state index in [4.69, 9.17) is 9.78 Å². The van der Waals surface area contributed by atoms with E-state index in [1.54, 1.807) is 0 Å². The highest BCUT2D eigenvalue weighted by atomic mass is 16.5. The van der Waals surface area contributed by atoms with Crippen LogP contribution in [-0.2, 0) is 17.9 Å². The second-order valence-electron chi connectivity index (χ2n) is 7.70. The molecule has 2 bridgehead atoms. The first kappa shape index (κ1) is 17.7. The van der Waals surface area contributed by atoms with Gasteiger partial charge in [0.05, 0.1) is 29.8 Å². The minimum absolute atomic E-state index is 0.0580. The standard InChI is InChI=1S/C21H24N4O2/c1-14-20(15(2)27-23-14)13-25-19-8-7-18(21(25)26)11-24(12-19)10-17-5-3-16(9-22)4-6-17/h3-6,18-19H,7-8,10-13H2,1-2H3/t18-,19+/m1/s1. The second-order valence-corrected chi connectivity index (χ2v) is 7.70. The summed E-state index contributed by atoms with van der Waals surface area (Å²) < 4.78 is 5.28. The van der Waals surface area contributed by atoms with E-state index in [9.17, 15) is 4.79 Å². The molecule has 3 aliphatic heterocycles. The average molecular weight is 364 g/mol. The molecule has 0 spiro atoms. The van der Waals surface area contributed by atoms with Crippen LogP contribution in [0.15, 0.2) is 28.8 Å². The Bertz CT molecular complexity index is 861. The molecule has 2 aromatic rings. The number of carbonyl (C=O) groups excluding carboxylic acids is 1. The third kappa shape index (κ3) is 3.47. The lowest BCUT2D eigenvalue weighted by molar-refractivity contribution is -0.140. The van der Waals surface area contributed by atoms with E-state index >= 15 is 0 Å². The van der Waals surface area contributed by atoms with Crippen molar-refractivity contribution in [2.24, 2.45) is 5.92 Å². The minimum Gasteiger partial charge on any atom is -0.361 e. The Labute approximate surface area is 159 Å². The Balaban J connectivity index is 1.50. The van der Waals surface area contributed by atoms with Gasteiger partial charge >= 0.3 is 0 Å². The van der Waals surface area contributed by atoms with Crippen LogP contribution in [0.1, 0.15) is 41.0 Å². The molecule has 3 aliphatic rings. The molecule has 1 aromatic heterocycles. The monoisotopic (exact) mass is 364 g/mol. The third-order valence-corrected chi connectivity index (χ3v) is 5.87. The lowest BCUT2D eigenvalue weighted by atomic mass is 9.93. The maximum atomic E-state index is 13.0. The normalized spacial score (nSPS) is 22.7. The number of rotatable bonds is 4. The first-order valence-corrected chi connectivity index (χ1v) is 9.48. The van der Waals surface area contributed by atoms with E-state index in [0.717, 1.165) is 49.5 Å². The highest BCUT2D eigenvalue weighted by Crippen LogP contribution is 2.32. The summed E-state index contributed by atoms with van der Waals surface area (Å²) in [7, 11) is 0. The highest BCUT2D eigenvalue weighted by Gasteiger charge is 2.41. The predicted molar refractivity (Wildman–Crippen MR) is 99.5 cm³/mol. The van der Waals surface area contributed by atoms with Gasteiger partial charge in [0.15, 0.2) is 0 Å². The smallest absolute Gasteiger partial charge is 0.227 e. The molecule has 0 radical (unpaired) electrons. The number of aryl methyl sites for hydroxylation is 2. The van der Waals surface area contributed by atoms with Gasteiger partial charge in [-0.2, -0.15) is 5.26 Å². The van der Waals surface area contributed by atoms with Gasteiger partial charge in [0.2, 0.25) is 5.91 Å². The number of hydrogen-bond acceptors (Lipinski definition) is 5. The molecule has 3 saturated heterocycles. The number of aromatic nitrogens is 1. The fraction of sp³-hybridized carbons (Fsp3) is 0.476. The van der Waals surface area contributed by atoms with Crippen molar-refractivity contribution in [3.63, 3.8) is 0 Å². The summed E-state index contributed by atoms with van der Waals surface area (Å²) in [5, 5.41) is 13.0. The molecule has 27 heavy (non-hydrogen) atoms. The Kier molecular flexibility index (Phi) is 4.71. The quantitative estimate of drug-likeness (QED) is 0.834. The van der Waals surface area contributed by atoms with E-state index < -0.39 is 0 Å². The van der Waals surface area contributed by atoms with Gasteiger partial charge in [0.25, 0.3) is 0 Å². The van der Waals surface area contributed by atoms with Gasteiger partial charge in [0.1, 0.15) is 5.76 Å². The maximum Gasteiger partial charge on any atom is 0.227 e. The molecule has 3 fully saturated rings. The summed E-state index contributed by atoms with van der Waals surface area (Å²) >= 11 is 0. The van der Waals surface area contributed by atoms with Gasteiger partial charge in [0, 0.05) is 31.2 Å². The summed E-state index contributed by atoms with van der Waals surface area (Å²) in [6.45, 7) is 6.92. The van der Waals surface area contributed by atoms with Crippen molar-refractivity contribution in [1.29, 1.82) is 5.26 Å². The van der Waals surface area contributed by atoms with Crippen molar-refractivity contribution >= 4 is 5.91 Å². The molecule has 0 aliphatic carbocycles. The highest BCUT2D eigenvalue weighted by molar-refractivity contribution is 5.80. The second kappa shape index (κ2) is 7.16. The summed E-state index contributed by atoms with van der Waals surface area (Å²) in [5.74, 6) is 1.12. The number of nitriles is 1. The average Bonchev–Trinajstić information content (AvgIpc) is 2.83. The SMILES string of the molecule is Cc1noc(C)c1CN1C(=O)[C@@H]2CC[C@H]1CN(Cc1ccc(C#N)cc1)C2. The predicted octanol–water partition coefficient (Wildman–Crippen LogP) is 2.79. The molecule has 0 saturated carbocycles. The van der Waals surface area contributed by atoms with Crippen LogP contribution in [0, 0.1) is 31.1 Å². The van der Waals surface area contributed by atoms with Gasteiger partial charge < -0.3 is 9.42 Å². The topological polar surface area (TPSA) is 73.4 Å². The van der Waals surface area contributed by atoms with Crippen molar-refractivity contribution in [3.8, 4) is 6.07 Å². The first-order chi connectivity index (χ1) is 13.0. The minimum atomic E-state index is 0.0580. The zero-order chi connectivity index (χ0) is 19.0. The largest absolute Gasteiger partial charge is 0.361 e. The number of benzene rings is 1. The fourth-order valence-electron chi connectivity index (χ4n) is 4.31. The number of amides is 1. The van der Waals surface area contributed by atoms with Crippen molar-refractivity contribution in [2.75, 3.05) is 13.1 Å². The van der Waals surface area contributed by atoms with Crippen LogP contribution in [0.3, 0.4) is 0 Å². The summed E-state index contributed by atoms with van der Waals surface area (Å²) in [4.78, 5) is 17.5. The van der Waals surface area contributed by atoms with Crippen LogP contribution in [0.4, 0.5) is 0 Å². The van der Waals surface area contributed by atoms with Crippen molar-refractivity contribution in [3.05, 3.63) is 52.4 Å². The first-order valence-electron chi connectivity index (χ1n) is 9.48. The van der Waals surface area contributed by atoms with E-state index in [1.165, 1.54) is 5.56 Å². The van der Waals surface area contributed by atoms with Crippen LogP contribution in [0.5, 0.6) is 0 Å². The number of hydrogen-bond donors (Lipinski definition) is 0. The van der Waals surface area contributed by atoms with Gasteiger partial charge in [-0.15, -0.1) is 0 Å². The van der Waals surface area contributed by atoms with E-state index in [2.05, 4.69) is 16.1 Å². The molecule has 0 unspecified atom stereocenters. The lowest BCUT2D eigenvalue weighted by Crippen LogP contribution is -2.47. The molecule has 6 nitrogen and oxygen atoms in total. The van der Waals surface area contributed by atoms with Gasteiger partial charge in [-0.3, -0.25) is 9.69 Å². The Morgan fingerprint density at radius 2 is 1.96 bits per heavy atom. The van der Waals surface area contributed by atoms with E-state index in [-0.39, 0.29) is 17.9 Å². The Morgan fingerprint density at radius 1 is 1.19 bits per heavy atom. The van der Waals surface area contributed by atoms with Crippen LogP contribution in [-0.4, -0.2) is 40.0 Å². The maximum absolute atomic E-state index is 13.0. The molecule has 2 atom stereocenters. The third-order valence-electron chi connectivity index (χ3n) is 5.87. The Morgan fingerprint density at radius 3 is 2.63 bits per heavy atom. The molecule has 1 amide bonds. The molecular formula is C21H24N4O2. The molecular weight excluding hydrogens is 340 g/mol. The molecule has 1 aromatic carbocycles. The molecule has 4 heterocycles. The van der Waals surface area contributed by atoms with Gasteiger partial charge in [-0.05, 0) is 44.4 Å². The number of fused-ring (bicyclic) bond motifs is 4. The molecule has 5 rings (SSSR count). The Hall–Kier alpha value is -2.65. The molecule has 6 heteroatoms. The lowest BCUT2D eigenvalue weighted by Gasteiger charge is -2.36. The van der Waals surface area contributed by atoms with E-state index in [1.807, 2.05) is 43.0 Å². The van der Waals surface area contributed by atoms with Crippen LogP contribution in [0.2, 0.25) is 0 Å². The van der Waals surface area contributed by atoms with Crippen LogP contribution >= 0.6 is 0 Å². The fourth-order valence-corrected chi connectivity index (χ4v) is 4.31. The summed E-state index contributed by atoms with van der Waals surface area (Å²) in [6, 6.07) is 10.1. The molecule has 140 valence electrons. The van der Waals surface area contributed by atoms with Gasteiger partial charge in [-0.1, -0.05) is 17.3 Å². The summed E-state index contributed by atoms with van der Waals surface area (Å²) in [6.07, 6.45) is 2.01.